The summed E-state index contributed by atoms with van der Waals surface area (Å²) in [5.41, 5.74) is 7.83. The van der Waals surface area contributed by atoms with Crippen LogP contribution in [0.4, 0.5) is 0 Å². The Balaban J connectivity index is 2.83. The largest absolute Gasteiger partial charge is 0.387 e. The fourth-order valence-electron chi connectivity index (χ4n) is 1.87. The molecule has 2 nitrogen and oxygen atoms in total. The topological polar surface area (TPSA) is 46.2 Å². The maximum Gasteiger partial charge on any atom is 0.0943 e. The molecule has 0 saturated carbocycles. The van der Waals surface area contributed by atoms with E-state index < -0.39 is 6.10 Å². The van der Waals surface area contributed by atoms with Gasteiger partial charge < -0.3 is 10.8 Å². The lowest BCUT2D eigenvalue weighted by molar-refractivity contribution is 0.135. The van der Waals surface area contributed by atoms with Crippen molar-refractivity contribution in [2.45, 2.75) is 39.3 Å². The number of aryl methyl sites for hydroxylation is 1. The second-order valence-corrected chi connectivity index (χ2v) is 5.18. The molecule has 2 unspecified atom stereocenters. The Morgan fingerprint density at radius 3 is 2.50 bits per heavy atom. The molecule has 0 spiro atoms. The van der Waals surface area contributed by atoms with Crippen LogP contribution in [0.25, 0.3) is 0 Å². The van der Waals surface area contributed by atoms with E-state index in [2.05, 4.69) is 13.8 Å². The summed E-state index contributed by atoms with van der Waals surface area (Å²) in [4.78, 5) is 0. The molecule has 0 heterocycles. The number of halogens is 1. The van der Waals surface area contributed by atoms with Crippen LogP contribution in [-0.2, 0) is 0 Å². The van der Waals surface area contributed by atoms with Gasteiger partial charge in [0.25, 0.3) is 0 Å². The molecule has 1 aromatic carbocycles. The molecule has 0 aliphatic heterocycles. The van der Waals surface area contributed by atoms with Crippen molar-refractivity contribution < 1.29 is 5.11 Å². The summed E-state index contributed by atoms with van der Waals surface area (Å²) in [6, 6.07) is 5.26. The highest BCUT2D eigenvalue weighted by Gasteiger charge is 2.19. The molecule has 0 saturated heterocycles. The zero-order valence-corrected chi connectivity index (χ0v) is 10.8. The summed E-state index contributed by atoms with van der Waals surface area (Å²) in [7, 11) is 0. The van der Waals surface area contributed by atoms with Crippen LogP contribution in [-0.4, -0.2) is 11.1 Å². The molecular weight excluding hydrogens is 222 g/mol. The number of hydrogen-bond donors (Lipinski definition) is 2. The van der Waals surface area contributed by atoms with Gasteiger partial charge in [-0.05, 0) is 42.5 Å². The van der Waals surface area contributed by atoms with Gasteiger partial charge in [-0.1, -0.05) is 31.5 Å². The molecule has 3 heteroatoms. The maximum absolute atomic E-state index is 10.1. The predicted molar refractivity (Wildman–Crippen MR) is 68.6 cm³/mol. The van der Waals surface area contributed by atoms with Gasteiger partial charge in [-0.25, -0.2) is 0 Å². The summed E-state index contributed by atoms with van der Waals surface area (Å²) >= 11 is 5.87. The van der Waals surface area contributed by atoms with Crippen LogP contribution >= 0.6 is 11.6 Å². The lowest BCUT2D eigenvalue weighted by Crippen LogP contribution is -2.30. The summed E-state index contributed by atoms with van der Waals surface area (Å²) in [6.45, 7) is 6.13. The quantitative estimate of drug-likeness (QED) is 0.851. The number of rotatable bonds is 4. The van der Waals surface area contributed by atoms with Crippen molar-refractivity contribution in [2.75, 3.05) is 0 Å². The van der Waals surface area contributed by atoms with Gasteiger partial charge in [0.05, 0.1) is 6.10 Å². The molecule has 0 aliphatic carbocycles. The first kappa shape index (κ1) is 13.5. The highest BCUT2D eigenvalue weighted by Crippen LogP contribution is 2.25. The molecule has 3 N–H and O–H groups in total. The van der Waals surface area contributed by atoms with E-state index in [0.717, 1.165) is 17.5 Å². The Morgan fingerprint density at radius 1 is 1.38 bits per heavy atom. The van der Waals surface area contributed by atoms with Crippen LogP contribution in [0, 0.1) is 12.8 Å². The number of nitrogens with two attached hydrogens (primary N) is 1. The third kappa shape index (κ3) is 3.48. The molecule has 0 bridgehead atoms. The van der Waals surface area contributed by atoms with E-state index in [4.69, 9.17) is 17.3 Å². The Hall–Kier alpha value is -0.570. The first-order chi connectivity index (χ1) is 7.41. The number of aliphatic hydroxyl groups excluding tert-OH is 1. The number of aliphatic hydroxyl groups is 1. The van der Waals surface area contributed by atoms with E-state index in [-0.39, 0.29) is 6.04 Å². The summed E-state index contributed by atoms with van der Waals surface area (Å²) in [6.07, 6.45) is 0.197. The van der Waals surface area contributed by atoms with Gasteiger partial charge in [0, 0.05) is 11.1 Å². The molecule has 0 amide bonds. The first-order valence-corrected chi connectivity index (χ1v) is 5.99. The van der Waals surface area contributed by atoms with Crippen LogP contribution in [0.3, 0.4) is 0 Å². The van der Waals surface area contributed by atoms with Gasteiger partial charge in [-0.2, -0.15) is 0 Å². The Kier molecular flexibility index (Phi) is 4.78. The maximum atomic E-state index is 10.1. The third-order valence-electron chi connectivity index (χ3n) is 2.70. The summed E-state index contributed by atoms with van der Waals surface area (Å²) in [5, 5.41) is 10.8. The fourth-order valence-corrected chi connectivity index (χ4v) is 2.10. The van der Waals surface area contributed by atoms with Crippen molar-refractivity contribution in [1.82, 2.24) is 0 Å². The van der Waals surface area contributed by atoms with E-state index >= 15 is 0 Å². The van der Waals surface area contributed by atoms with E-state index in [9.17, 15) is 5.11 Å². The minimum Gasteiger partial charge on any atom is -0.387 e. The Bertz CT molecular complexity index is 352. The first-order valence-electron chi connectivity index (χ1n) is 5.61. The van der Waals surface area contributed by atoms with Crippen molar-refractivity contribution in [2.24, 2.45) is 11.7 Å². The standard InChI is InChI=1S/C13H20ClNO/c1-8(2)6-12(15)13(16)11-5-4-10(14)7-9(11)3/h4-5,7-8,12-13,16H,6,15H2,1-3H3. The zero-order valence-electron chi connectivity index (χ0n) is 10.1. The molecule has 2 atom stereocenters. The van der Waals surface area contributed by atoms with Gasteiger partial charge in [-0.3, -0.25) is 0 Å². The smallest absolute Gasteiger partial charge is 0.0943 e. The normalized spacial score (nSPS) is 15.2. The van der Waals surface area contributed by atoms with Crippen molar-refractivity contribution in [3.05, 3.63) is 34.3 Å². The minimum absolute atomic E-state index is 0.222. The van der Waals surface area contributed by atoms with Crippen LogP contribution in [0.5, 0.6) is 0 Å². The van der Waals surface area contributed by atoms with Crippen LogP contribution in [0.1, 0.15) is 37.5 Å². The Morgan fingerprint density at radius 2 is 2.00 bits per heavy atom. The minimum atomic E-state index is -0.611. The molecule has 16 heavy (non-hydrogen) atoms. The molecule has 1 aromatic rings. The average molecular weight is 242 g/mol. The molecular formula is C13H20ClNO. The van der Waals surface area contributed by atoms with Crippen LogP contribution in [0.15, 0.2) is 18.2 Å². The summed E-state index contributed by atoms with van der Waals surface area (Å²) < 4.78 is 0. The highest BCUT2D eigenvalue weighted by atomic mass is 35.5. The highest BCUT2D eigenvalue weighted by molar-refractivity contribution is 6.30. The SMILES string of the molecule is Cc1cc(Cl)ccc1C(O)C(N)CC(C)C. The van der Waals surface area contributed by atoms with Gasteiger partial charge in [0.1, 0.15) is 0 Å². The van der Waals surface area contributed by atoms with Crippen molar-refractivity contribution >= 4 is 11.6 Å². The van der Waals surface area contributed by atoms with Crippen molar-refractivity contribution in [3.8, 4) is 0 Å². The van der Waals surface area contributed by atoms with E-state index in [1.54, 1.807) is 6.07 Å². The number of benzene rings is 1. The molecule has 90 valence electrons. The Labute approximate surface area is 102 Å². The molecule has 0 radical (unpaired) electrons. The summed E-state index contributed by atoms with van der Waals surface area (Å²) in [5.74, 6) is 0.484. The van der Waals surface area contributed by atoms with Gasteiger partial charge >= 0.3 is 0 Å². The van der Waals surface area contributed by atoms with Crippen LogP contribution < -0.4 is 5.73 Å². The molecule has 1 rings (SSSR count). The molecule has 0 aliphatic rings. The van der Waals surface area contributed by atoms with E-state index in [1.165, 1.54) is 0 Å². The van der Waals surface area contributed by atoms with Crippen molar-refractivity contribution in [3.63, 3.8) is 0 Å². The monoisotopic (exact) mass is 241 g/mol. The predicted octanol–water partition coefficient (Wildman–Crippen LogP) is 3.06. The lowest BCUT2D eigenvalue weighted by atomic mass is 9.93. The van der Waals surface area contributed by atoms with Gasteiger partial charge in [-0.15, -0.1) is 0 Å². The molecule has 0 fully saturated rings. The van der Waals surface area contributed by atoms with Gasteiger partial charge in [0.2, 0.25) is 0 Å². The fraction of sp³-hybridized carbons (Fsp3) is 0.538. The average Bonchev–Trinajstić information content (AvgIpc) is 2.15. The van der Waals surface area contributed by atoms with Gasteiger partial charge in [0.15, 0.2) is 0 Å². The second-order valence-electron chi connectivity index (χ2n) is 4.74. The zero-order chi connectivity index (χ0) is 12.3. The van der Waals surface area contributed by atoms with E-state index in [1.807, 2.05) is 19.1 Å². The molecule has 0 aromatic heterocycles. The van der Waals surface area contributed by atoms with Crippen LogP contribution in [0.2, 0.25) is 5.02 Å². The van der Waals surface area contributed by atoms with E-state index in [0.29, 0.717) is 10.9 Å². The third-order valence-corrected chi connectivity index (χ3v) is 2.93. The number of hydrogen-bond acceptors (Lipinski definition) is 2. The van der Waals surface area contributed by atoms with Crippen molar-refractivity contribution in [1.29, 1.82) is 0 Å². The lowest BCUT2D eigenvalue weighted by Gasteiger charge is -2.22. The second kappa shape index (κ2) is 5.67.